The van der Waals surface area contributed by atoms with Gasteiger partial charge in [-0.1, -0.05) is 66.7 Å². The third kappa shape index (κ3) is 6.43. The number of esters is 2. The van der Waals surface area contributed by atoms with E-state index in [1.165, 1.54) is 0 Å². The van der Waals surface area contributed by atoms with E-state index in [-0.39, 0.29) is 25.2 Å². The van der Waals surface area contributed by atoms with E-state index in [1.807, 2.05) is 18.2 Å². The molecule has 0 saturated carbocycles. The standard InChI is InChI=1S/C24H23O5P/c25-23(28-20-10-4-1-5-11-20)16-18-30(27,22-14-8-3-9-15-22)19-17-24(26)29-21-12-6-2-7-13-21/h1-15H,16-19H2. The van der Waals surface area contributed by atoms with Crippen LogP contribution in [-0.2, 0) is 14.2 Å². The fourth-order valence-corrected chi connectivity index (χ4v) is 5.50. The summed E-state index contributed by atoms with van der Waals surface area (Å²) in [5, 5.41) is 0.644. The van der Waals surface area contributed by atoms with Crippen LogP contribution in [0.15, 0.2) is 91.0 Å². The molecule has 0 unspecified atom stereocenters. The van der Waals surface area contributed by atoms with Gasteiger partial charge >= 0.3 is 11.9 Å². The molecule has 154 valence electrons. The van der Waals surface area contributed by atoms with Crippen molar-refractivity contribution >= 4 is 24.4 Å². The minimum absolute atomic E-state index is 0.00516. The smallest absolute Gasteiger partial charge is 0.311 e. The van der Waals surface area contributed by atoms with Gasteiger partial charge in [0.05, 0.1) is 12.8 Å². The zero-order valence-corrected chi connectivity index (χ0v) is 17.4. The number of rotatable bonds is 9. The number of carbonyl (C=O) groups is 2. The Labute approximate surface area is 176 Å². The first kappa shape index (κ1) is 21.5. The Kier molecular flexibility index (Phi) is 7.58. The SMILES string of the molecule is O=C(CCP(=O)(CCC(=O)Oc1ccccc1)c1ccccc1)Oc1ccccc1. The maximum Gasteiger partial charge on any atom is 0.311 e. The number of hydrogen-bond donors (Lipinski definition) is 0. The van der Waals surface area contributed by atoms with Gasteiger partial charge in [0.15, 0.2) is 0 Å². The third-order valence-electron chi connectivity index (χ3n) is 4.53. The molecule has 0 atom stereocenters. The Balaban J connectivity index is 1.63. The molecule has 5 nitrogen and oxygen atoms in total. The molecule has 0 heterocycles. The van der Waals surface area contributed by atoms with Crippen molar-refractivity contribution in [3.63, 3.8) is 0 Å². The highest BCUT2D eigenvalue weighted by Gasteiger charge is 2.27. The predicted molar refractivity (Wildman–Crippen MR) is 117 cm³/mol. The van der Waals surface area contributed by atoms with Crippen LogP contribution in [0.1, 0.15) is 12.8 Å². The van der Waals surface area contributed by atoms with E-state index >= 15 is 0 Å². The molecule has 0 N–H and O–H groups in total. The number of para-hydroxylation sites is 2. The fourth-order valence-electron chi connectivity index (χ4n) is 2.96. The van der Waals surface area contributed by atoms with Crippen LogP contribution in [0.25, 0.3) is 0 Å². The molecular formula is C24H23O5P. The first-order valence-electron chi connectivity index (χ1n) is 9.70. The lowest BCUT2D eigenvalue weighted by atomic mass is 10.3. The molecule has 0 amide bonds. The number of carbonyl (C=O) groups excluding carboxylic acids is 2. The monoisotopic (exact) mass is 422 g/mol. The van der Waals surface area contributed by atoms with Gasteiger partial charge in [0.1, 0.15) is 18.6 Å². The molecule has 0 aromatic heterocycles. The van der Waals surface area contributed by atoms with E-state index in [0.717, 1.165) is 0 Å². The van der Waals surface area contributed by atoms with E-state index in [0.29, 0.717) is 16.8 Å². The Hall–Kier alpha value is -3.17. The van der Waals surface area contributed by atoms with Gasteiger partial charge in [-0.05, 0) is 24.3 Å². The van der Waals surface area contributed by atoms with Gasteiger partial charge in [-0.2, -0.15) is 0 Å². The summed E-state index contributed by atoms with van der Waals surface area (Å²) in [5.74, 6) is -0.0135. The highest BCUT2D eigenvalue weighted by atomic mass is 31.2. The Morgan fingerprint density at radius 2 is 0.967 bits per heavy atom. The van der Waals surface area contributed by atoms with Crippen LogP contribution >= 0.6 is 7.14 Å². The van der Waals surface area contributed by atoms with Crippen LogP contribution in [0.2, 0.25) is 0 Å². The van der Waals surface area contributed by atoms with E-state index in [9.17, 15) is 14.2 Å². The summed E-state index contributed by atoms with van der Waals surface area (Å²) >= 11 is 0. The molecule has 0 aliphatic carbocycles. The van der Waals surface area contributed by atoms with Gasteiger partial charge in [0.25, 0.3) is 0 Å². The minimum atomic E-state index is -2.99. The van der Waals surface area contributed by atoms with Crippen molar-refractivity contribution in [2.75, 3.05) is 12.3 Å². The molecule has 0 saturated heterocycles. The lowest BCUT2D eigenvalue weighted by Gasteiger charge is -2.18. The molecule has 0 radical (unpaired) electrons. The van der Waals surface area contributed by atoms with Crippen LogP contribution in [0.4, 0.5) is 0 Å². The van der Waals surface area contributed by atoms with Gasteiger partial charge in [0, 0.05) is 17.6 Å². The second kappa shape index (κ2) is 10.6. The van der Waals surface area contributed by atoms with Gasteiger partial charge in [-0.25, -0.2) is 0 Å². The van der Waals surface area contributed by atoms with E-state index in [4.69, 9.17) is 9.47 Å². The van der Waals surface area contributed by atoms with Crippen molar-refractivity contribution in [2.24, 2.45) is 0 Å². The molecular weight excluding hydrogens is 399 g/mol. The second-order valence-corrected chi connectivity index (χ2v) is 9.94. The van der Waals surface area contributed by atoms with Crippen LogP contribution in [0.5, 0.6) is 11.5 Å². The maximum absolute atomic E-state index is 13.7. The molecule has 3 rings (SSSR count). The van der Waals surface area contributed by atoms with Gasteiger partial charge in [-0.15, -0.1) is 0 Å². The number of hydrogen-bond acceptors (Lipinski definition) is 5. The second-order valence-electron chi connectivity index (χ2n) is 6.75. The molecule has 0 aliphatic rings. The average Bonchev–Trinajstić information content (AvgIpc) is 2.78. The highest BCUT2D eigenvalue weighted by Crippen LogP contribution is 2.45. The zero-order chi connectivity index (χ0) is 21.2. The highest BCUT2D eigenvalue weighted by molar-refractivity contribution is 7.71. The predicted octanol–water partition coefficient (Wildman–Crippen LogP) is 4.67. The molecule has 0 spiro atoms. The number of ether oxygens (including phenoxy) is 2. The lowest BCUT2D eigenvalue weighted by molar-refractivity contribution is -0.134. The molecule has 30 heavy (non-hydrogen) atoms. The van der Waals surface area contributed by atoms with Crippen molar-refractivity contribution in [1.82, 2.24) is 0 Å². The van der Waals surface area contributed by atoms with Crippen LogP contribution in [0.3, 0.4) is 0 Å². The van der Waals surface area contributed by atoms with E-state index < -0.39 is 19.1 Å². The largest absolute Gasteiger partial charge is 0.427 e. The molecule has 6 heteroatoms. The summed E-state index contributed by atoms with van der Waals surface area (Å²) in [6, 6.07) is 26.5. The zero-order valence-electron chi connectivity index (χ0n) is 16.5. The van der Waals surface area contributed by atoms with Crippen LogP contribution < -0.4 is 14.8 Å². The molecule has 3 aromatic carbocycles. The van der Waals surface area contributed by atoms with E-state index in [2.05, 4.69) is 0 Å². The Bertz CT molecular complexity index is 942. The average molecular weight is 422 g/mol. The Morgan fingerprint density at radius 3 is 1.37 bits per heavy atom. The Morgan fingerprint density at radius 1 is 0.600 bits per heavy atom. The lowest BCUT2D eigenvalue weighted by Crippen LogP contribution is -2.18. The summed E-state index contributed by atoms with van der Waals surface area (Å²) < 4.78 is 24.3. The van der Waals surface area contributed by atoms with Crippen molar-refractivity contribution in [3.05, 3.63) is 91.0 Å². The summed E-state index contributed by atoms with van der Waals surface area (Å²) in [6.45, 7) is 0. The van der Waals surface area contributed by atoms with Crippen LogP contribution in [-0.4, -0.2) is 24.3 Å². The first-order valence-corrected chi connectivity index (χ1v) is 11.8. The van der Waals surface area contributed by atoms with Crippen molar-refractivity contribution in [1.29, 1.82) is 0 Å². The summed E-state index contributed by atoms with van der Waals surface area (Å²) in [6.07, 6.45) is 0.242. The molecule has 0 aliphatic heterocycles. The maximum atomic E-state index is 13.7. The summed E-state index contributed by atoms with van der Waals surface area (Å²) in [4.78, 5) is 24.5. The van der Waals surface area contributed by atoms with Crippen molar-refractivity contribution in [2.45, 2.75) is 12.8 Å². The quantitative estimate of drug-likeness (QED) is 0.285. The third-order valence-corrected chi connectivity index (χ3v) is 7.66. The topological polar surface area (TPSA) is 69.7 Å². The van der Waals surface area contributed by atoms with Crippen molar-refractivity contribution < 1.29 is 23.6 Å². The first-order chi connectivity index (χ1) is 14.5. The normalized spacial score (nSPS) is 10.9. The number of benzene rings is 3. The van der Waals surface area contributed by atoms with E-state index in [1.54, 1.807) is 72.8 Å². The van der Waals surface area contributed by atoms with Gasteiger partial charge in [-0.3, -0.25) is 9.59 Å². The van der Waals surface area contributed by atoms with Crippen LogP contribution in [0, 0.1) is 0 Å². The molecule has 3 aromatic rings. The summed E-state index contributed by atoms with van der Waals surface area (Å²) in [5.41, 5.74) is 0. The van der Waals surface area contributed by atoms with Crippen molar-refractivity contribution in [3.8, 4) is 11.5 Å². The summed E-state index contributed by atoms with van der Waals surface area (Å²) in [7, 11) is -2.99. The fraction of sp³-hybridized carbons (Fsp3) is 0.167. The van der Waals surface area contributed by atoms with Gasteiger partial charge < -0.3 is 14.0 Å². The molecule has 0 fully saturated rings. The van der Waals surface area contributed by atoms with Gasteiger partial charge in [0.2, 0.25) is 0 Å². The molecule has 0 bridgehead atoms. The minimum Gasteiger partial charge on any atom is -0.427 e.